The Bertz CT molecular complexity index is 524. The SMILES string of the molecule is Cc1cccc(N2[C@H](C)CN(C(=O)OC(C)(C)C)C[C@@H]2C)c1. The Morgan fingerprint density at radius 3 is 2.27 bits per heavy atom. The van der Waals surface area contributed by atoms with Gasteiger partial charge in [-0.15, -0.1) is 0 Å². The first-order valence-corrected chi connectivity index (χ1v) is 8.00. The molecular weight excluding hydrogens is 276 g/mol. The number of nitrogens with zero attached hydrogens (tertiary/aromatic N) is 2. The molecule has 1 saturated heterocycles. The number of hydrogen-bond acceptors (Lipinski definition) is 3. The number of amides is 1. The van der Waals surface area contributed by atoms with Gasteiger partial charge in [0.2, 0.25) is 0 Å². The van der Waals surface area contributed by atoms with Gasteiger partial charge in [0, 0.05) is 30.9 Å². The molecule has 2 rings (SSSR count). The Morgan fingerprint density at radius 2 is 1.77 bits per heavy atom. The fourth-order valence-corrected chi connectivity index (χ4v) is 3.10. The predicted octanol–water partition coefficient (Wildman–Crippen LogP) is 3.83. The summed E-state index contributed by atoms with van der Waals surface area (Å²) in [6, 6.07) is 9.07. The average molecular weight is 304 g/mol. The molecule has 1 amide bonds. The molecule has 0 spiro atoms. The molecule has 0 radical (unpaired) electrons. The molecule has 122 valence electrons. The van der Waals surface area contributed by atoms with Gasteiger partial charge >= 0.3 is 6.09 Å². The largest absolute Gasteiger partial charge is 0.444 e. The van der Waals surface area contributed by atoms with E-state index in [1.165, 1.54) is 11.3 Å². The van der Waals surface area contributed by atoms with E-state index in [2.05, 4.69) is 49.9 Å². The first-order valence-electron chi connectivity index (χ1n) is 8.00. The third-order valence-electron chi connectivity index (χ3n) is 3.87. The fraction of sp³-hybridized carbons (Fsp3) is 0.611. The number of hydrogen-bond donors (Lipinski definition) is 0. The van der Waals surface area contributed by atoms with E-state index in [0.29, 0.717) is 13.1 Å². The monoisotopic (exact) mass is 304 g/mol. The molecule has 0 N–H and O–H groups in total. The highest BCUT2D eigenvalue weighted by Crippen LogP contribution is 2.26. The number of carbonyl (C=O) groups is 1. The fourth-order valence-electron chi connectivity index (χ4n) is 3.10. The number of ether oxygens (including phenoxy) is 1. The lowest BCUT2D eigenvalue weighted by Crippen LogP contribution is -2.58. The number of rotatable bonds is 1. The van der Waals surface area contributed by atoms with Crippen LogP contribution in [0.1, 0.15) is 40.2 Å². The summed E-state index contributed by atoms with van der Waals surface area (Å²) in [6.07, 6.45) is -0.213. The lowest BCUT2D eigenvalue weighted by atomic mass is 10.1. The topological polar surface area (TPSA) is 32.8 Å². The Kier molecular flexibility index (Phi) is 4.69. The van der Waals surface area contributed by atoms with Crippen LogP contribution in [0.4, 0.5) is 10.5 Å². The zero-order valence-electron chi connectivity index (χ0n) is 14.6. The van der Waals surface area contributed by atoms with Crippen LogP contribution < -0.4 is 4.90 Å². The first kappa shape index (κ1) is 16.7. The minimum Gasteiger partial charge on any atom is -0.444 e. The van der Waals surface area contributed by atoms with Gasteiger partial charge in [0.15, 0.2) is 0 Å². The standard InChI is InChI=1S/C18H28N2O2/c1-13-8-7-9-16(10-13)20-14(2)11-19(12-15(20)3)17(21)22-18(4,5)6/h7-10,14-15H,11-12H2,1-6H3/t14-,15+. The highest BCUT2D eigenvalue weighted by atomic mass is 16.6. The number of benzene rings is 1. The molecule has 1 aliphatic heterocycles. The van der Waals surface area contributed by atoms with Crippen LogP contribution >= 0.6 is 0 Å². The molecule has 2 atom stereocenters. The van der Waals surface area contributed by atoms with Crippen LogP contribution in [0.25, 0.3) is 0 Å². The van der Waals surface area contributed by atoms with Gasteiger partial charge in [0.25, 0.3) is 0 Å². The molecule has 0 saturated carbocycles. The van der Waals surface area contributed by atoms with Gasteiger partial charge in [-0.1, -0.05) is 12.1 Å². The lowest BCUT2D eigenvalue weighted by Gasteiger charge is -2.46. The quantitative estimate of drug-likeness (QED) is 0.790. The van der Waals surface area contributed by atoms with Crippen LogP contribution in [0.3, 0.4) is 0 Å². The molecule has 1 heterocycles. The number of piperazine rings is 1. The van der Waals surface area contributed by atoms with E-state index in [0.717, 1.165) is 0 Å². The van der Waals surface area contributed by atoms with E-state index in [-0.39, 0.29) is 18.2 Å². The maximum absolute atomic E-state index is 12.3. The Balaban J connectivity index is 2.11. The van der Waals surface area contributed by atoms with Gasteiger partial charge in [0.05, 0.1) is 0 Å². The minimum absolute atomic E-state index is 0.213. The van der Waals surface area contributed by atoms with Crippen molar-refractivity contribution in [2.24, 2.45) is 0 Å². The average Bonchev–Trinajstić information content (AvgIpc) is 2.35. The van der Waals surface area contributed by atoms with Crippen LogP contribution in [0.15, 0.2) is 24.3 Å². The highest BCUT2D eigenvalue weighted by Gasteiger charge is 2.33. The van der Waals surface area contributed by atoms with E-state index in [4.69, 9.17) is 4.74 Å². The molecule has 4 nitrogen and oxygen atoms in total. The summed E-state index contributed by atoms with van der Waals surface area (Å²) in [6.45, 7) is 13.5. The predicted molar refractivity (Wildman–Crippen MR) is 90.4 cm³/mol. The van der Waals surface area contributed by atoms with E-state index in [1.54, 1.807) is 0 Å². The maximum Gasteiger partial charge on any atom is 0.410 e. The smallest absolute Gasteiger partial charge is 0.410 e. The summed E-state index contributed by atoms with van der Waals surface area (Å²) < 4.78 is 5.50. The van der Waals surface area contributed by atoms with Gasteiger partial charge in [-0.25, -0.2) is 4.79 Å². The van der Waals surface area contributed by atoms with Crippen molar-refractivity contribution in [2.45, 2.75) is 59.2 Å². The number of aryl methyl sites for hydroxylation is 1. The van der Waals surface area contributed by atoms with Gasteiger partial charge in [-0.2, -0.15) is 0 Å². The second kappa shape index (κ2) is 6.19. The molecule has 4 heteroatoms. The Hall–Kier alpha value is -1.71. The third-order valence-corrected chi connectivity index (χ3v) is 3.87. The van der Waals surface area contributed by atoms with Crippen LogP contribution in [0.5, 0.6) is 0 Å². The van der Waals surface area contributed by atoms with Crippen molar-refractivity contribution in [1.82, 2.24) is 4.90 Å². The summed E-state index contributed by atoms with van der Waals surface area (Å²) >= 11 is 0. The van der Waals surface area contributed by atoms with E-state index in [1.807, 2.05) is 25.7 Å². The van der Waals surface area contributed by atoms with Gasteiger partial charge in [-0.05, 0) is 59.2 Å². The second-order valence-electron chi connectivity index (χ2n) is 7.33. The molecule has 1 aromatic carbocycles. The molecule has 0 bridgehead atoms. The molecule has 1 aromatic rings. The zero-order valence-corrected chi connectivity index (χ0v) is 14.6. The molecule has 1 fully saturated rings. The van der Waals surface area contributed by atoms with Gasteiger partial charge in [0.1, 0.15) is 5.60 Å². The summed E-state index contributed by atoms with van der Waals surface area (Å²) in [5.41, 5.74) is 2.03. The van der Waals surface area contributed by atoms with Crippen molar-refractivity contribution in [1.29, 1.82) is 0 Å². The van der Waals surface area contributed by atoms with Gasteiger partial charge in [-0.3, -0.25) is 0 Å². The maximum atomic E-state index is 12.3. The van der Waals surface area contributed by atoms with E-state index >= 15 is 0 Å². The van der Waals surface area contributed by atoms with Crippen molar-refractivity contribution in [3.8, 4) is 0 Å². The van der Waals surface area contributed by atoms with E-state index in [9.17, 15) is 4.79 Å². The van der Waals surface area contributed by atoms with Crippen molar-refractivity contribution < 1.29 is 9.53 Å². The van der Waals surface area contributed by atoms with E-state index < -0.39 is 5.60 Å². The molecular formula is C18H28N2O2. The summed E-state index contributed by atoms with van der Waals surface area (Å²) in [4.78, 5) is 16.5. The first-order chi connectivity index (χ1) is 10.2. The Morgan fingerprint density at radius 1 is 1.18 bits per heavy atom. The minimum atomic E-state index is -0.447. The van der Waals surface area contributed by atoms with Crippen LogP contribution in [-0.4, -0.2) is 41.8 Å². The Labute approximate surface area is 134 Å². The van der Waals surface area contributed by atoms with Crippen LogP contribution in [0.2, 0.25) is 0 Å². The van der Waals surface area contributed by atoms with Crippen molar-refractivity contribution >= 4 is 11.8 Å². The summed E-state index contributed by atoms with van der Waals surface area (Å²) in [7, 11) is 0. The molecule has 22 heavy (non-hydrogen) atoms. The van der Waals surface area contributed by atoms with Crippen LogP contribution in [0, 0.1) is 6.92 Å². The van der Waals surface area contributed by atoms with Crippen molar-refractivity contribution in [3.63, 3.8) is 0 Å². The third kappa shape index (κ3) is 3.93. The summed E-state index contributed by atoms with van der Waals surface area (Å²) in [5, 5.41) is 0. The normalized spacial score (nSPS) is 22.6. The molecule has 1 aliphatic rings. The summed E-state index contributed by atoms with van der Waals surface area (Å²) in [5.74, 6) is 0. The molecule has 0 unspecified atom stereocenters. The lowest BCUT2D eigenvalue weighted by molar-refractivity contribution is 0.0193. The zero-order chi connectivity index (χ0) is 16.5. The second-order valence-corrected chi connectivity index (χ2v) is 7.33. The highest BCUT2D eigenvalue weighted by molar-refractivity contribution is 5.69. The van der Waals surface area contributed by atoms with Gasteiger partial charge < -0.3 is 14.5 Å². The van der Waals surface area contributed by atoms with Crippen LogP contribution in [-0.2, 0) is 4.74 Å². The number of anilines is 1. The van der Waals surface area contributed by atoms with Crippen molar-refractivity contribution in [3.05, 3.63) is 29.8 Å². The molecule has 0 aliphatic carbocycles. The number of carbonyl (C=O) groups excluding carboxylic acids is 1. The molecule has 0 aromatic heterocycles. The van der Waals surface area contributed by atoms with Crippen molar-refractivity contribution in [2.75, 3.05) is 18.0 Å².